The fraction of sp³-hybridized carbons (Fsp3) is 0.391. The van der Waals surface area contributed by atoms with Gasteiger partial charge in [-0.05, 0) is 37.5 Å². The molecule has 5 heteroatoms. The lowest BCUT2D eigenvalue weighted by Gasteiger charge is -2.22. The fourth-order valence-corrected chi connectivity index (χ4v) is 2.48. The summed E-state index contributed by atoms with van der Waals surface area (Å²) in [7, 11) is 1.30. The molecule has 1 atom stereocenters. The third-order valence-corrected chi connectivity index (χ3v) is 3.68. The zero-order valence-corrected chi connectivity index (χ0v) is 17.6. The first-order chi connectivity index (χ1) is 13.3. The molecule has 2 aromatic carbocycles. The minimum absolute atomic E-state index is 0.320. The molecule has 1 unspecified atom stereocenters. The number of hydrogen-bond acceptors (Lipinski definition) is 4. The van der Waals surface area contributed by atoms with Crippen LogP contribution in [0.2, 0.25) is 0 Å². The molecule has 5 nitrogen and oxygen atoms in total. The number of alkyl carbamates (subject to hydrolysis) is 1. The number of carbonyl (C=O) groups excluding carboxylic acids is 2. The molecule has 1 amide bonds. The van der Waals surface area contributed by atoms with Gasteiger partial charge in [0.05, 0.1) is 7.11 Å². The average Bonchev–Trinajstić information content (AvgIpc) is 2.68. The average molecular weight is 386 g/mol. The molecule has 28 heavy (non-hydrogen) atoms. The molecular weight excluding hydrogens is 354 g/mol. The number of hydrogen-bond donors (Lipinski definition) is 1. The Labute approximate surface area is 168 Å². The van der Waals surface area contributed by atoms with Gasteiger partial charge in [0, 0.05) is 6.42 Å². The molecule has 2 rings (SSSR count). The van der Waals surface area contributed by atoms with Gasteiger partial charge in [0.2, 0.25) is 0 Å². The summed E-state index contributed by atoms with van der Waals surface area (Å²) in [5, 5.41) is 2.58. The normalized spacial score (nSPS) is 11.5. The van der Waals surface area contributed by atoms with Crippen molar-refractivity contribution in [3.63, 3.8) is 0 Å². The van der Waals surface area contributed by atoms with Gasteiger partial charge in [-0.25, -0.2) is 9.59 Å². The Hall–Kier alpha value is -2.82. The highest BCUT2D eigenvalue weighted by atomic mass is 16.6. The smallest absolute Gasteiger partial charge is 0.408 e. The molecule has 0 aliphatic rings. The fourth-order valence-electron chi connectivity index (χ4n) is 2.48. The van der Waals surface area contributed by atoms with Gasteiger partial charge in [0.15, 0.2) is 0 Å². The van der Waals surface area contributed by atoms with Crippen LogP contribution in [0, 0.1) is 0 Å². The van der Waals surface area contributed by atoms with E-state index in [1.807, 2.05) is 68.4 Å². The lowest BCUT2D eigenvalue weighted by atomic mass is 10.0. The van der Waals surface area contributed by atoms with E-state index >= 15 is 0 Å². The maximum atomic E-state index is 12.0. The summed E-state index contributed by atoms with van der Waals surface area (Å²) < 4.78 is 10.0. The zero-order valence-electron chi connectivity index (χ0n) is 17.6. The number of rotatable bonds is 5. The molecular formula is C23H31NO4. The van der Waals surface area contributed by atoms with Gasteiger partial charge in [0.25, 0.3) is 0 Å². The molecule has 0 heterocycles. The van der Waals surface area contributed by atoms with Crippen molar-refractivity contribution in [1.82, 2.24) is 5.32 Å². The van der Waals surface area contributed by atoms with E-state index < -0.39 is 23.7 Å². The zero-order chi connectivity index (χ0) is 21.2. The van der Waals surface area contributed by atoms with Crippen molar-refractivity contribution < 1.29 is 19.1 Å². The van der Waals surface area contributed by atoms with E-state index in [0.29, 0.717) is 6.42 Å². The van der Waals surface area contributed by atoms with Gasteiger partial charge in [-0.3, -0.25) is 0 Å². The standard InChI is InChI=1S/C21H25NO4.C2H6/c1-21(2,3)26-20(24)22-18(19(23)25-4)14-15-10-12-17(13-11-15)16-8-6-5-7-9-16;1-2/h5-13,18H,14H2,1-4H3,(H,22,24);1-2H3. The van der Waals surface area contributed by atoms with Crippen molar-refractivity contribution in [2.75, 3.05) is 7.11 Å². The highest BCUT2D eigenvalue weighted by molar-refractivity contribution is 5.81. The Morgan fingerprint density at radius 1 is 0.929 bits per heavy atom. The molecule has 0 bridgehead atoms. The summed E-state index contributed by atoms with van der Waals surface area (Å²) in [5.41, 5.74) is 2.48. The minimum atomic E-state index is -0.808. The Morgan fingerprint density at radius 3 is 1.96 bits per heavy atom. The first-order valence-corrected chi connectivity index (χ1v) is 9.50. The topological polar surface area (TPSA) is 64.6 Å². The van der Waals surface area contributed by atoms with Crippen molar-refractivity contribution >= 4 is 12.1 Å². The molecule has 0 saturated carbocycles. The summed E-state index contributed by atoms with van der Waals surface area (Å²) in [6.07, 6.45) is -0.324. The number of nitrogens with one attached hydrogen (secondary N) is 1. The molecule has 0 fully saturated rings. The third kappa shape index (κ3) is 7.82. The van der Waals surface area contributed by atoms with Gasteiger partial charge >= 0.3 is 12.1 Å². The molecule has 0 radical (unpaired) electrons. The monoisotopic (exact) mass is 385 g/mol. The summed E-state index contributed by atoms with van der Waals surface area (Å²) in [6, 6.07) is 17.1. The molecule has 1 N–H and O–H groups in total. The van der Waals surface area contributed by atoms with Crippen molar-refractivity contribution in [1.29, 1.82) is 0 Å². The van der Waals surface area contributed by atoms with Crippen LogP contribution >= 0.6 is 0 Å². The Bertz CT molecular complexity index is 733. The van der Waals surface area contributed by atoms with Crippen molar-refractivity contribution in [2.45, 2.75) is 52.7 Å². The molecule has 0 saturated heterocycles. The lowest BCUT2D eigenvalue weighted by Crippen LogP contribution is -2.45. The van der Waals surface area contributed by atoms with Gasteiger partial charge in [-0.1, -0.05) is 68.4 Å². The number of benzene rings is 2. The number of amides is 1. The van der Waals surface area contributed by atoms with Crippen LogP contribution in [0.15, 0.2) is 54.6 Å². The number of carbonyl (C=O) groups is 2. The maximum Gasteiger partial charge on any atom is 0.408 e. The molecule has 0 aliphatic carbocycles. The third-order valence-electron chi connectivity index (χ3n) is 3.68. The lowest BCUT2D eigenvalue weighted by molar-refractivity contribution is -0.143. The highest BCUT2D eigenvalue weighted by Crippen LogP contribution is 2.20. The van der Waals surface area contributed by atoms with Gasteiger partial charge in [-0.2, -0.15) is 0 Å². The summed E-state index contributed by atoms with van der Waals surface area (Å²) >= 11 is 0. The first kappa shape index (κ1) is 23.2. The minimum Gasteiger partial charge on any atom is -0.467 e. The van der Waals surface area contributed by atoms with Crippen LogP contribution in [-0.2, 0) is 20.7 Å². The van der Waals surface area contributed by atoms with Crippen molar-refractivity contribution in [3.8, 4) is 11.1 Å². The van der Waals surface area contributed by atoms with E-state index in [1.54, 1.807) is 20.8 Å². The van der Waals surface area contributed by atoms with Gasteiger partial charge < -0.3 is 14.8 Å². The van der Waals surface area contributed by atoms with E-state index in [-0.39, 0.29) is 0 Å². The SMILES string of the molecule is CC.COC(=O)C(Cc1ccc(-c2ccccc2)cc1)NC(=O)OC(C)(C)C. The van der Waals surface area contributed by atoms with E-state index in [9.17, 15) is 9.59 Å². The Kier molecular flexibility index (Phi) is 9.22. The molecule has 0 spiro atoms. The van der Waals surface area contributed by atoms with Crippen LogP contribution < -0.4 is 5.32 Å². The first-order valence-electron chi connectivity index (χ1n) is 9.50. The van der Waals surface area contributed by atoms with Gasteiger partial charge in [-0.15, -0.1) is 0 Å². The summed E-state index contributed by atoms with van der Waals surface area (Å²) in [5.74, 6) is -0.511. The summed E-state index contributed by atoms with van der Waals surface area (Å²) in [4.78, 5) is 24.0. The highest BCUT2D eigenvalue weighted by Gasteiger charge is 2.25. The summed E-state index contributed by atoms with van der Waals surface area (Å²) in [6.45, 7) is 9.30. The van der Waals surface area contributed by atoms with E-state index in [4.69, 9.17) is 9.47 Å². The van der Waals surface area contributed by atoms with Crippen molar-refractivity contribution in [3.05, 3.63) is 60.2 Å². The number of ether oxygens (including phenoxy) is 2. The van der Waals surface area contributed by atoms with Crippen LogP contribution in [0.3, 0.4) is 0 Å². The van der Waals surface area contributed by atoms with Crippen LogP contribution in [0.1, 0.15) is 40.2 Å². The molecule has 2 aromatic rings. The number of esters is 1. The van der Waals surface area contributed by atoms with Crippen LogP contribution in [0.25, 0.3) is 11.1 Å². The predicted molar refractivity (Wildman–Crippen MR) is 112 cm³/mol. The van der Waals surface area contributed by atoms with Crippen LogP contribution in [0.5, 0.6) is 0 Å². The second kappa shape index (κ2) is 11.1. The quantitative estimate of drug-likeness (QED) is 0.737. The predicted octanol–water partition coefficient (Wildman–Crippen LogP) is 4.99. The maximum absolute atomic E-state index is 12.0. The number of methoxy groups -OCH3 is 1. The van der Waals surface area contributed by atoms with Crippen molar-refractivity contribution in [2.24, 2.45) is 0 Å². The molecule has 0 aromatic heterocycles. The van der Waals surface area contributed by atoms with E-state index in [2.05, 4.69) is 5.32 Å². The van der Waals surface area contributed by atoms with Crippen LogP contribution in [0.4, 0.5) is 4.79 Å². The second-order valence-electron chi connectivity index (χ2n) is 6.99. The van der Waals surface area contributed by atoms with E-state index in [1.165, 1.54) is 7.11 Å². The largest absolute Gasteiger partial charge is 0.467 e. The molecule has 152 valence electrons. The van der Waals surface area contributed by atoms with Gasteiger partial charge in [0.1, 0.15) is 11.6 Å². The Balaban J connectivity index is 0.00000190. The van der Waals surface area contributed by atoms with E-state index in [0.717, 1.165) is 16.7 Å². The Morgan fingerprint density at radius 2 is 1.46 bits per heavy atom. The second-order valence-corrected chi connectivity index (χ2v) is 6.99. The molecule has 0 aliphatic heterocycles. The van der Waals surface area contributed by atoms with Crippen LogP contribution in [-0.4, -0.2) is 30.8 Å².